The Kier molecular flexibility index (Phi) is 23.1. The zero-order chi connectivity index (χ0) is 4.50. The predicted molar refractivity (Wildman–Crippen MR) is 21.8 cm³/mol. The molecule has 0 aromatic rings. The summed E-state index contributed by atoms with van der Waals surface area (Å²) in [5.74, 6) is 0. The van der Waals surface area contributed by atoms with Crippen LogP contribution in [0, 0.1) is 0 Å². The fraction of sp³-hybridized carbons (Fsp3) is 0. The second-order valence-corrected chi connectivity index (χ2v) is 1.22. The van der Waals surface area contributed by atoms with Crippen molar-refractivity contribution in [3.63, 3.8) is 0 Å². The number of hydrogen-bond donors (Lipinski definition) is 0. The van der Waals surface area contributed by atoms with Gasteiger partial charge in [0, 0.05) is 10.4 Å². The summed E-state index contributed by atoms with van der Waals surface area (Å²) in [6.45, 7) is 0. The van der Waals surface area contributed by atoms with Gasteiger partial charge in [-0.05, 0) is 0 Å². The Hall–Kier alpha value is 1.05. The molecular formula is H3CaO6S-. The second kappa shape index (κ2) is 8.05. The fourth-order valence-corrected chi connectivity index (χ4v) is 0. The van der Waals surface area contributed by atoms with Gasteiger partial charge in [-0.1, -0.05) is 0 Å². The van der Waals surface area contributed by atoms with Gasteiger partial charge in [0.25, 0.3) is 0 Å². The van der Waals surface area contributed by atoms with Crippen LogP contribution in [0.5, 0.6) is 0 Å². The van der Waals surface area contributed by atoms with Gasteiger partial charge < -0.3 is 20.1 Å². The van der Waals surface area contributed by atoms with E-state index in [1.807, 2.05) is 0 Å². The Labute approximate surface area is 76.1 Å². The minimum atomic E-state index is -5.17. The van der Waals surface area contributed by atoms with E-state index in [1.54, 1.807) is 0 Å². The summed E-state index contributed by atoms with van der Waals surface area (Å²) in [6, 6.07) is 0. The molecule has 0 aliphatic rings. The van der Waals surface area contributed by atoms with E-state index >= 15 is 0 Å². The van der Waals surface area contributed by atoms with Crippen LogP contribution in [-0.2, 0) is 10.4 Å². The quantitative estimate of drug-likeness (QED) is 0.221. The largest absolute Gasteiger partial charge is 2.00 e. The maximum Gasteiger partial charge on any atom is 2.00 e. The van der Waals surface area contributed by atoms with E-state index in [9.17, 15) is 0 Å². The van der Waals surface area contributed by atoms with E-state index in [1.165, 1.54) is 0 Å². The van der Waals surface area contributed by atoms with Crippen molar-refractivity contribution in [1.29, 1.82) is 0 Å². The molecule has 0 aliphatic heterocycles. The molecule has 0 rings (SSSR count). The molecule has 0 spiro atoms. The number of hydrogen-bond acceptors (Lipinski definition) is 5. The molecular weight excluding hydrogens is 168 g/mol. The van der Waals surface area contributed by atoms with Crippen LogP contribution in [0.15, 0.2) is 0 Å². The normalized spacial score (nSPS) is 7.25. The average Bonchev–Trinajstić information content (AvgIpc) is 0.722. The van der Waals surface area contributed by atoms with E-state index in [4.69, 9.17) is 17.5 Å². The molecule has 0 radical (unpaired) electrons. The fourth-order valence-electron chi connectivity index (χ4n) is 0. The Morgan fingerprint density at radius 1 is 1.12 bits per heavy atom. The monoisotopic (exact) mass is 171 g/mol. The van der Waals surface area contributed by atoms with Crippen LogP contribution >= 0.6 is 0 Å². The summed E-state index contributed by atoms with van der Waals surface area (Å²) in [4.78, 5) is 0. The molecule has 0 amide bonds. The molecule has 0 bridgehead atoms. The van der Waals surface area contributed by atoms with Crippen molar-refractivity contribution in [3.8, 4) is 0 Å². The number of rotatable bonds is 0. The van der Waals surface area contributed by atoms with Crippen LogP contribution in [-0.4, -0.2) is 66.2 Å². The predicted octanol–water partition coefficient (Wildman–Crippen LogP) is -2.72. The summed E-state index contributed by atoms with van der Waals surface area (Å²) < 4.78 is 34.1. The SMILES string of the molecule is O.O=S(=O)([O-])[O-].[Ca+2].[OH-]. The summed E-state index contributed by atoms with van der Waals surface area (Å²) in [5.41, 5.74) is 0. The van der Waals surface area contributed by atoms with E-state index in [0.29, 0.717) is 0 Å². The summed E-state index contributed by atoms with van der Waals surface area (Å²) >= 11 is 0. The van der Waals surface area contributed by atoms with Gasteiger partial charge in [-0.3, -0.25) is 8.42 Å². The van der Waals surface area contributed by atoms with Gasteiger partial charge in [-0.2, -0.15) is 0 Å². The first-order valence-corrected chi connectivity index (χ1v) is 2.00. The second-order valence-electron chi connectivity index (χ2n) is 0.408. The van der Waals surface area contributed by atoms with Gasteiger partial charge in [0.1, 0.15) is 0 Å². The van der Waals surface area contributed by atoms with Gasteiger partial charge in [0.2, 0.25) is 0 Å². The van der Waals surface area contributed by atoms with Gasteiger partial charge in [0.05, 0.1) is 0 Å². The molecule has 0 aliphatic carbocycles. The average molecular weight is 171 g/mol. The third kappa shape index (κ3) is 234. The van der Waals surface area contributed by atoms with E-state index in [2.05, 4.69) is 0 Å². The van der Waals surface area contributed by atoms with Crippen LogP contribution in [0.4, 0.5) is 0 Å². The minimum absolute atomic E-state index is 0. The van der Waals surface area contributed by atoms with Crippen LogP contribution < -0.4 is 0 Å². The van der Waals surface area contributed by atoms with Gasteiger partial charge >= 0.3 is 37.7 Å². The van der Waals surface area contributed by atoms with E-state index in [0.717, 1.165) is 0 Å². The molecule has 8 heteroatoms. The first-order chi connectivity index (χ1) is 2.00. The first-order valence-electron chi connectivity index (χ1n) is 0.667. The Morgan fingerprint density at radius 2 is 1.12 bits per heavy atom. The molecule has 3 N–H and O–H groups in total. The van der Waals surface area contributed by atoms with Crippen molar-refractivity contribution in [3.05, 3.63) is 0 Å². The van der Waals surface area contributed by atoms with Gasteiger partial charge in [-0.15, -0.1) is 0 Å². The Morgan fingerprint density at radius 3 is 1.12 bits per heavy atom. The van der Waals surface area contributed by atoms with Crippen LogP contribution in [0.1, 0.15) is 0 Å². The van der Waals surface area contributed by atoms with Crippen LogP contribution in [0.3, 0.4) is 0 Å². The standard InChI is InChI=1S/Ca.H2O4S.2H2O/c;1-5(2,3)4;;/h;(H2,1,2,3,4);2*1H2/q+2;;;/p-3. The van der Waals surface area contributed by atoms with Crippen molar-refractivity contribution in [1.82, 2.24) is 0 Å². The molecule has 0 heterocycles. The molecule has 0 aromatic carbocycles. The van der Waals surface area contributed by atoms with Crippen molar-refractivity contribution in [2.75, 3.05) is 0 Å². The zero-order valence-corrected chi connectivity index (χ0v) is 6.72. The molecule has 8 heavy (non-hydrogen) atoms. The van der Waals surface area contributed by atoms with Crippen molar-refractivity contribution in [2.45, 2.75) is 0 Å². The van der Waals surface area contributed by atoms with E-state index < -0.39 is 10.4 Å². The molecule has 0 unspecified atom stereocenters. The van der Waals surface area contributed by atoms with Crippen molar-refractivity contribution < 1.29 is 28.5 Å². The van der Waals surface area contributed by atoms with Gasteiger partial charge in [0.15, 0.2) is 0 Å². The van der Waals surface area contributed by atoms with Crippen molar-refractivity contribution >= 4 is 48.1 Å². The molecule has 0 aromatic heterocycles. The molecule has 6 nitrogen and oxygen atoms in total. The van der Waals surface area contributed by atoms with Crippen LogP contribution in [0.25, 0.3) is 0 Å². The van der Waals surface area contributed by atoms with Crippen molar-refractivity contribution in [2.24, 2.45) is 0 Å². The van der Waals surface area contributed by atoms with E-state index in [-0.39, 0.29) is 48.7 Å². The Balaban J connectivity index is -0.0000000267. The smallest absolute Gasteiger partial charge is 0.870 e. The molecule has 0 saturated carbocycles. The zero-order valence-electron chi connectivity index (χ0n) is 3.70. The Bertz CT molecular complexity index is 91.7. The topological polar surface area (TPSA) is 142 Å². The maximum atomic E-state index is 8.52. The summed E-state index contributed by atoms with van der Waals surface area (Å²) in [7, 11) is -5.17. The molecule has 0 saturated heterocycles. The first kappa shape index (κ1) is 23.0. The molecule has 0 atom stereocenters. The maximum absolute atomic E-state index is 8.52. The third-order valence-corrected chi connectivity index (χ3v) is 0. The molecule has 48 valence electrons. The summed E-state index contributed by atoms with van der Waals surface area (Å²) in [5, 5.41) is 0. The third-order valence-electron chi connectivity index (χ3n) is 0. The van der Waals surface area contributed by atoms with Gasteiger partial charge in [-0.25, -0.2) is 0 Å². The molecule has 0 fully saturated rings. The van der Waals surface area contributed by atoms with Crippen LogP contribution in [0.2, 0.25) is 0 Å². The summed E-state index contributed by atoms with van der Waals surface area (Å²) in [6.07, 6.45) is 0. The minimum Gasteiger partial charge on any atom is -0.870 e.